The van der Waals surface area contributed by atoms with Crippen molar-refractivity contribution >= 4 is 251 Å². The van der Waals surface area contributed by atoms with Gasteiger partial charge in [0.1, 0.15) is 0 Å². The first-order chi connectivity index (χ1) is 48.7. The summed E-state index contributed by atoms with van der Waals surface area (Å²) in [5.41, 5.74) is 0. The maximum atomic E-state index is 12.4. The van der Waals surface area contributed by atoms with Crippen LogP contribution in [0.2, 0.25) is 0 Å². The van der Waals surface area contributed by atoms with Crippen molar-refractivity contribution in [3.05, 3.63) is 0 Å². The van der Waals surface area contributed by atoms with Crippen molar-refractivity contribution in [1.29, 1.82) is 0 Å². The Morgan fingerprint density at radius 3 is 0.273 bits per heavy atom. The topological polar surface area (TPSA) is 819 Å². The third-order valence-corrected chi connectivity index (χ3v) is 100. The molecule has 0 aliphatic carbocycles. The predicted molar refractivity (Wildman–Crippen MR) is 371 cm³/mol. The van der Waals surface area contributed by atoms with Gasteiger partial charge in [0.2, 0.25) is 0 Å². The first kappa shape index (κ1) is 104. The van der Waals surface area contributed by atoms with E-state index in [1.165, 1.54) is 38.5 Å². The summed E-state index contributed by atoms with van der Waals surface area (Å²) in [6.07, 6.45) is 14.1. The van der Waals surface area contributed by atoms with Gasteiger partial charge in [-0.25, -0.2) is 0 Å². The summed E-state index contributed by atoms with van der Waals surface area (Å²) in [6.45, 7) is 2.24. The van der Waals surface area contributed by atoms with Gasteiger partial charge in [-0.2, -0.15) is 0 Å². The number of carbonyl (C=O) groups is 48. The molecule has 0 aliphatic rings. The average molecular weight is 1770 g/mol. The molecule has 622 valence electrons. The molecule has 110 heavy (non-hydrogen) atoms. The summed E-state index contributed by atoms with van der Waals surface area (Å²) in [5.74, 6) is 2.66. The zero-order valence-corrected chi connectivity index (χ0v) is 59.8. The Hall–Kier alpha value is -14.3. The Morgan fingerprint density at radius 1 is 0.145 bits per heavy atom. The maximum absolute atomic E-state index is 13.9. The van der Waals surface area contributed by atoms with Crippen LogP contribution in [-0.4, -0.2) is 251 Å². The van der Waals surface area contributed by atoms with Gasteiger partial charge in [-0.1, -0.05) is 39.0 Å². The second-order valence-corrected chi connectivity index (χ2v) is 139. The Kier molecular flexibility index (Phi) is 8.45. The van der Waals surface area contributed by atoms with Crippen LogP contribution in [0, 0.1) is 12.3 Å². The molecule has 52 heteroatoms. The van der Waals surface area contributed by atoms with Crippen molar-refractivity contribution in [2.75, 3.05) is 0 Å². The fourth-order valence-electron chi connectivity index (χ4n) is 5.90. The van der Waals surface area contributed by atoms with Crippen LogP contribution in [0.15, 0.2) is 0 Å². The Morgan fingerprint density at radius 2 is 0.218 bits per heavy atom. The molecular formula is C58H66Co4O48. The van der Waals surface area contributed by atoms with Crippen LogP contribution in [0.5, 0.6) is 0 Å². The van der Waals surface area contributed by atoms with E-state index in [1.807, 2.05) is 0 Å². The summed E-state index contributed by atoms with van der Waals surface area (Å²) in [4.78, 5) is 597. The number of carbonyl (C=O) groups excluding carboxylic acids is 48. The molecule has 0 N–H and O–H groups in total. The third-order valence-electron chi connectivity index (χ3n) is 25.6. The SMILES string of the molecule is C#CCCCCCCCC.O=[CH][Co]([CH]=O)([CH]=O)([CH]=O)([CH]=O)([CH]=O)([CH]=O)([CH]=O)([CH]=O)([CH]=O)([CH]=O)[CH]=O.O=[CH][Co]([CH]=O)([CH]=O)([CH]=O)([CH]=O)([CH]=O)([CH]=O)([CH]=O)([CH]=O)([CH]=O)([CH]=O)[CH]=O.O=[CH][Co]([CH]=O)([CH]=O)([CH]=O)([CH]=O)([CH]=O)([CH]=O)([CH]=O)([CH]=O)([CH]=O)([CH]=O)[CH]=O.O=[CH][Co]([CH]=O)([CH]=O)([CH]=O)([CH]=O)([CH]=O)([CH]=O)([CH]=O)([CH]=O)([CH]=O)([CH]=O)[CH]=O. The molecule has 0 spiro atoms. The van der Waals surface area contributed by atoms with Gasteiger partial charge in [0.15, 0.2) is 0 Å². The molecule has 0 aromatic carbocycles. The Bertz CT molecular complexity index is 4440. The molecule has 0 aromatic rings. The molecule has 0 aliphatic heterocycles. The van der Waals surface area contributed by atoms with Gasteiger partial charge in [-0.3, -0.25) is 0 Å². The number of hydrogen-bond acceptors (Lipinski definition) is 48. The molecule has 0 bridgehead atoms. The molecule has 0 saturated heterocycles. The van der Waals surface area contributed by atoms with E-state index in [2.05, 4.69) is 12.8 Å². The first-order valence-corrected chi connectivity index (χ1v) is 53.8. The van der Waals surface area contributed by atoms with Crippen LogP contribution in [-0.2, 0) is 247 Å². The van der Waals surface area contributed by atoms with E-state index < -0.39 is 268 Å². The van der Waals surface area contributed by atoms with E-state index in [0.29, 0.717) is 0 Å². The minimum atomic E-state index is -13.9. The fourth-order valence-corrected chi connectivity index (χ4v) is 21.2. The van der Waals surface area contributed by atoms with Gasteiger partial charge in [-0.05, 0) is 6.42 Å². The van der Waals surface area contributed by atoms with E-state index in [1.54, 1.807) is 0 Å². The third kappa shape index (κ3) is 2.97. The van der Waals surface area contributed by atoms with E-state index in [0.717, 1.165) is 6.42 Å². The number of terminal acetylenes is 1. The normalized spacial score (nSPS) is 26.1. The molecule has 0 saturated carbocycles. The standard InChI is InChI=1S/C10H18.48CHO.4Co/c1-3-5-7-9-10-8-6-4-2;48*1-2;;;;/h1H,4-10H2,2H3;48*1H;;;;. The second kappa shape index (κ2) is 8.91. The summed E-state index contributed by atoms with van der Waals surface area (Å²) < 4.78 is -55.6. The molecule has 0 fully saturated rings. The first-order valence-electron chi connectivity index (χ1n) is 24.9. The Labute approximate surface area is 559 Å². The van der Waals surface area contributed by atoms with Crippen LogP contribution >= 0.6 is 0 Å². The molecular weight excluding hydrogens is 1700 g/mol. The quantitative estimate of drug-likeness (QED) is 0.0310. The van der Waals surface area contributed by atoms with Gasteiger partial charge < -0.3 is 0 Å². The van der Waals surface area contributed by atoms with Crippen molar-refractivity contribution in [2.24, 2.45) is 0 Å². The van der Waals surface area contributed by atoms with E-state index in [9.17, 15) is 230 Å². The van der Waals surface area contributed by atoms with Crippen LogP contribution in [0.3, 0.4) is 0 Å². The van der Waals surface area contributed by atoms with Gasteiger partial charge in [-0.15, -0.1) is 12.3 Å². The second-order valence-electron chi connectivity index (χ2n) is 35.8. The van der Waals surface area contributed by atoms with Gasteiger partial charge in [0, 0.05) is 6.42 Å². The molecule has 0 unspecified atom stereocenters. The van der Waals surface area contributed by atoms with Crippen LogP contribution in [0.4, 0.5) is 0 Å². The molecule has 0 amide bonds. The van der Waals surface area contributed by atoms with Crippen molar-refractivity contribution < 1.29 is 247 Å². The minimum absolute atomic E-state index is 0.964. The van der Waals surface area contributed by atoms with E-state index >= 15 is 0 Å². The zero-order chi connectivity index (χ0) is 90.8. The van der Waals surface area contributed by atoms with E-state index in [4.69, 9.17) is 6.42 Å². The molecule has 48 nitrogen and oxygen atoms in total. The summed E-state index contributed by atoms with van der Waals surface area (Å²) in [5, 5.41) is -108. The van der Waals surface area contributed by atoms with Crippen LogP contribution < -0.4 is 0 Å². The molecule has 0 aromatic heterocycles. The van der Waals surface area contributed by atoms with Crippen molar-refractivity contribution in [3.63, 3.8) is 0 Å². The van der Waals surface area contributed by atoms with Crippen molar-refractivity contribution in [3.8, 4) is 12.3 Å². The number of rotatable bonds is 54. The molecule has 0 radical (unpaired) electrons. The summed E-state index contributed by atoms with van der Waals surface area (Å²) in [6, 6.07) is 0. The summed E-state index contributed by atoms with van der Waals surface area (Å²) in [7, 11) is 0. The van der Waals surface area contributed by atoms with Gasteiger partial charge in [0.25, 0.3) is 0 Å². The Balaban J connectivity index is -0.000000427. The predicted octanol–water partition coefficient (Wildman–Crippen LogP) is -9.80. The molecule has 0 rings (SSSR count). The molecule has 0 heterocycles. The zero-order valence-electron chi connectivity index (χ0n) is 55.7. The van der Waals surface area contributed by atoms with Crippen LogP contribution in [0.25, 0.3) is 0 Å². The van der Waals surface area contributed by atoms with Crippen LogP contribution in [0.1, 0.15) is 51.9 Å². The summed E-state index contributed by atoms with van der Waals surface area (Å²) >= 11 is 0. The molecule has 0 atom stereocenters. The average Bonchev–Trinajstić information content (AvgIpc) is 0.454. The fraction of sp³-hybridized carbons (Fsp3) is 0.138. The number of hydrogen-bond donors (Lipinski definition) is 0. The van der Waals surface area contributed by atoms with Crippen molar-refractivity contribution in [1.82, 2.24) is 0 Å². The van der Waals surface area contributed by atoms with Gasteiger partial charge in [0.05, 0.1) is 0 Å². The van der Waals surface area contributed by atoms with Gasteiger partial charge >= 0.3 is 498 Å². The van der Waals surface area contributed by atoms with E-state index in [-0.39, 0.29) is 0 Å². The monoisotopic (exact) mass is 1770 g/mol. The number of unbranched alkanes of at least 4 members (excludes halogenated alkanes) is 6. The van der Waals surface area contributed by atoms with Crippen molar-refractivity contribution in [2.45, 2.75) is 51.9 Å².